The molecule has 1 fully saturated rings. The molecule has 0 aliphatic carbocycles. The minimum atomic E-state index is -0.881. The first-order valence-electron chi connectivity index (χ1n) is 8.81. The number of ether oxygens (including phenoxy) is 2. The summed E-state index contributed by atoms with van der Waals surface area (Å²) in [6.07, 6.45) is 0. The fraction of sp³-hybridized carbons (Fsp3) is 0.250. The van der Waals surface area contributed by atoms with E-state index in [2.05, 4.69) is 15.5 Å². The van der Waals surface area contributed by atoms with Gasteiger partial charge in [-0.1, -0.05) is 24.3 Å². The van der Waals surface area contributed by atoms with Crippen LogP contribution < -0.4 is 15.5 Å². The van der Waals surface area contributed by atoms with Crippen LogP contribution in [-0.4, -0.2) is 51.2 Å². The second-order valence-electron chi connectivity index (χ2n) is 6.06. The van der Waals surface area contributed by atoms with Crippen molar-refractivity contribution in [2.75, 3.05) is 48.9 Å². The van der Waals surface area contributed by atoms with Crippen LogP contribution in [0, 0.1) is 0 Å². The van der Waals surface area contributed by atoms with E-state index in [1.54, 1.807) is 24.3 Å². The quantitative estimate of drug-likeness (QED) is 0.618. The Hall–Kier alpha value is -3.39. The minimum absolute atomic E-state index is 0.167. The lowest BCUT2D eigenvalue weighted by molar-refractivity contribution is -0.132. The topological polar surface area (TPSA) is 97.0 Å². The van der Waals surface area contributed by atoms with Crippen LogP contribution in [0.25, 0.3) is 0 Å². The van der Waals surface area contributed by atoms with Gasteiger partial charge in [-0.05, 0) is 24.3 Å². The van der Waals surface area contributed by atoms with Crippen molar-refractivity contribution >= 4 is 34.8 Å². The molecule has 8 heteroatoms. The normalized spacial score (nSPS) is 13.5. The lowest BCUT2D eigenvalue weighted by Gasteiger charge is -2.30. The first-order valence-corrected chi connectivity index (χ1v) is 8.81. The third-order valence-corrected chi connectivity index (χ3v) is 4.29. The standard InChI is InChI=1S/C20H21N3O5/c1-27-20(26)14-6-2-3-7-15(14)21-18(24)19(25)22-16-8-4-5-9-17(16)23-10-12-28-13-11-23/h2-9H,10-13H2,1H3,(H,21,24)(H,22,25). The van der Waals surface area contributed by atoms with Crippen molar-refractivity contribution < 1.29 is 23.9 Å². The van der Waals surface area contributed by atoms with Gasteiger partial charge in [0.15, 0.2) is 0 Å². The molecule has 0 saturated carbocycles. The van der Waals surface area contributed by atoms with Crippen molar-refractivity contribution in [2.24, 2.45) is 0 Å². The summed E-state index contributed by atoms with van der Waals surface area (Å²) in [4.78, 5) is 38.7. The molecular weight excluding hydrogens is 362 g/mol. The predicted molar refractivity (Wildman–Crippen MR) is 105 cm³/mol. The molecule has 2 N–H and O–H groups in total. The zero-order valence-electron chi connectivity index (χ0n) is 15.4. The second-order valence-corrected chi connectivity index (χ2v) is 6.06. The largest absolute Gasteiger partial charge is 0.465 e. The Kier molecular flexibility index (Phi) is 6.23. The van der Waals surface area contributed by atoms with Crippen molar-refractivity contribution in [2.45, 2.75) is 0 Å². The molecule has 1 saturated heterocycles. The van der Waals surface area contributed by atoms with E-state index in [0.29, 0.717) is 32.0 Å². The molecule has 0 radical (unpaired) electrons. The lowest BCUT2D eigenvalue weighted by atomic mass is 10.2. The lowest BCUT2D eigenvalue weighted by Crippen LogP contribution is -2.37. The van der Waals surface area contributed by atoms with Gasteiger partial charge < -0.3 is 25.0 Å². The van der Waals surface area contributed by atoms with Crippen LogP contribution in [0.2, 0.25) is 0 Å². The Morgan fingerprint density at radius 1 is 0.893 bits per heavy atom. The van der Waals surface area contributed by atoms with Gasteiger partial charge in [0.25, 0.3) is 0 Å². The Morgan fingerprint density at radius 2 is 1.46 bits per heavy atom. The molecular formula is C20H21N3O5. The number of hydrogen-bond donors (Lipinski definition) is 2. The molecule has 1 aliphatic heterocycles. The number of hydrogen-bond acceptors (Lipinski definition) is 6. The Labute approximate surface area is 162 Å². The van der Waals surface area contributed by atoms with E-state index in [-0.39, 0.29) is 11.3 Å². The summed E-state index contributed by atoms with van der Waals surface area (Å²) in [5.74, 6) is -2.32. The van der Waals surface area contributed by atoms with Crippen molar-refractivity contribution in [1.82, 2.24) is 0 Å². The molecule has 2 aromatic rings. The highest BCUT2D eigenvalue weighted by Gasteiger charge is 2.21. The Morgan fingerprint density at radius 3 is 2.14 bits per heavy atom. The number of rotatable bonds is 4. The Bertz CT molecular complexity index is 878. The van der Waals surface area contributed by atoms with Gasteiger partial charge in [0.1, 0.15) is 0 Å². The van der Waals surface area contributed by atoms with Crippen LogP contribution >= 0.6 is 0 Å². The molecule has 1 aliphatic rings. The summed E-state index contributed by atoms with van der Waals surface area (Å²) < 4.78 is 10.0. The van der Waals surface area contributed by atoms with E-state index in [9.17, 15) is 14.4 Å². The van der Waals surface area contributed by atoms with Gasteiger partial charge in [0, 0.05) is 13.1 Å². The molecule has 28 heavy (non-hydrogen) atoms. The number of amides is 2. The summed E-state index contributed by atoms with van der Waals surface area (Å²) in [5.41, 5.74) is 1.73. The molecule has 0 spiro atoms. The van der Waals surface area contributed by atoms with Crippen LogP contribution in [0.15, 0.2) is 48.5 Å². The van der Waals surface area contributed by atoms with Crippen molar-refractivity contribution in [3.63, 3.8) is 0 Å². The van der Waals surface area contributed by atoms with E-state index in [1.807, 2.05) is 12.1 Å². The molecule has 0 atom stereocenters. The summed E-state index contributed by atoms with van der Waals surface area (Å²) in [6, 6.07) is 13.6. The van der Waals surface area contributed by atoms with Gasteiger partial charge in [-0.15, -0.1) is 0 Å². The SMILES string of the molecule is COC(=O)c1ccccc1NC(=O)C(=O)Nc1ccccc1N1CCOCC1. The zero-order chi connectivity index (χ0) is 19.9. The van der Waals surface area contributed by atoms with E-state index in [4.69, 9.17) is 9.47 Å². The summed E-state index contributed by atoms with van der Waals surface area (Å²) in [7, 11) is 1.25. The van der Waals surface area contributed by atoms with Crippen LogP contribution in [0.5, 0.6) is 0 Å². The van der Waals surface area contributed by atoms with E-state index >= 15 is 0 Å². The van der Waals surface area contributed by atoms with Crippen LogP contribution in [0.3, 0.4) is 0 Å². The number of morpholine rings is 1. The highest BCUT2D eigenvalue weighted by Crippen LogP contribution is 2.26. The molecule has 8 nitrogen and oxygen atoms in total. The molecule has 2 aromatic carbocycles. The smallest absolute Gasteiger partial charge is 0.339 e. The summed E-state index contributed by atoms with van der Waals surface area (Å²) in [6.45, 7) is 2.61. The number of nitrogens with one attached hydrogen (secondary N) is 2. The van der Waals surface area contributed by atoms with Gasteiger partial charge in [-0.25, -0.2) is 4.79 Å². The maximum atomic E-state index is 12.4. The number of carbonyl (C=O) groups excluding carboxylic acids is 3. The van der Waals surface area contributed by atoms with Gasteiger partial charge >= 0.3 is 17.8 Å². The number of nitrogens with zero attached hydrogens (tertiary/aromatic N) is 1. The van der Waals surface area contributed by atoms with E-state index < -0.39 is 17.8 Å². The fourth-order valence-corrected chi connectivity index (χ4v) is 2.90. The van der Waals surface area contributed by atoms with Gasteiger partial charge in [0.2, 0.25) is 0 Å². The van der Waals surface area contributed by atoms with Gasteiger partial charge in [-0.3, -0.25) is 9.59 Å². The maximum absolute atomic E-state index is 12.4. The average molecular weight is 383 g/mol. The van der Waals surface area contributed by atoms with Crippen molar-refractivity contribution in [1.29, 1.82) is 0 Å². The highest BCUT2D eigenvalue weighted by atomic mass is 16.5. The number of anilines is 3. The molecule has 2 amide bonds. The number of esters is 1. The highest BCUT2D eigenvalue weighted by molar-refractivity contribution is 6.44. The average Bonchev–Trinajstić information content (AvgIpc) is 2.74. The fourth-order valence-electron chi connectivity index (χ4n) is 2.90. The third-order valence-electron chi connectivity index (χ3n) is 4.29. The Balaban J connectivity index is 1.72. The molecule has 0 bridgehead atoms. The summed E-state index contributed by atoms with van der Waals surface area (Å²) in [5, 5.41) is 5.10. The molecule has 1 heterocycles. The first-order chi connectivity index (χ1) is 13.6. The van der Waals surface area contributed by atoms with E-state index in [0.717, 1.165) is 5.69 Å². The molecule has 3 rings (SSSR count). The monoisotopic (exact) mass is 383 g/mol. The molecule has 0 aromatic heterocycles. The number of methoxy groups -OCH3 is 1. The van der Waals surface area contributed by atoms with Crippen LogP contribution in [0.4, 0.5) is 17.1 Å². The van der Waals surface area contributed by atoms with Gasteiger partial charge in [-0.2, -0.15) is 0 Å². The van der Waals surface area contributed by atoms with Crippen LogP contribution in [-0.2, 0) is 19.1 Å². The number of benzene rings is 2. The maximum Gasteiger partial charge on any atom is 0.339 e. The van der Waals surface area contributed by atoms with Gasteiger partial charge in [0.05, 0.1) is 42.9 Å². The van der Waals surface area contributed by atoms with Crippen molar-refractivity contribution in [3.05, 3.63) is 54.1 Å². The minimum Gasteiger partial charge on any atom is -0.465 e. The summed E-state index contributed by atoms with van der Waals surface area (Å²) >= 11 is 0. The molecule has 146 valence electrons. The third kappa shape index (κ3) is 4.47. The number of para-hydroxylation sites is 3. The first kappa shape index (κ1) is 19.4. The number of carbonyl (C=O) groups is 3. The molecule has 0 unspecified atom stereocenters. The van der Waals surface area contributed by atoms with E-state index in [1.165, 1.54) is 19.2 Å². The van der Waals surface area contributed by atoms with Crippen molar-refractivity contribution in [3.8, 4) is 0 Å². The predicted octanol–water partition coefficient (Wildman–Crippen LogP) is 1.89. The second kappa shape index (κ2) is 9.01. The zero-order valence-corrected chi connectivity index (χ0v) is 15.4. The van der Waals surface area contributed by atoms with Crippen LogP contribution in [0.1, 0.15) is 10.4 Å².